The molecular formula is C19H15Cl2N. The van der Waals surface area contributed by atoms with E-state index in [1.165, 1.54) is 0 Å². The van der Waals surface area contributed by atoms with Gasteiger partial charge in [0.25, 0.3) is 0 Å². The second kappa shape index (κ2) is 6.43. The molecule has 110 valence electrons. The van der Waals surface area contributed by atoms with Crippen LogP contribution in [0.15, 0.2) is 66.7 Å². The lowest BCUT2D eigenvalue weighted by atomic mass is 10.0. The highest BCUT2D eigenvalue weighted by atomic mass is 35.5. The average molecular weight is 328 g/mol. The number of benzene rings is 3. The molecule has 0 bridgehead atoms. The zero-order valence-corrected chi connectivity index (χ0v) is 13.6. The standard InChI is InChI=1S/C19H15Cl2N/c1-13-11-12-16(20)19(18(13)21)22-17-10-6-5-9-15(17)14-7-3-2-4-8-14/h2-12,22H,1H3. The minimum absolute atomic E-state index is 0.610. The van der Waals surface area contributed by atoms with Gasteiger partial charge in [-0.25, -0.2) is 0 Å². The van der Waals surface area contributed by atoms with Crippen molar-refractivity contribution < 1.29 is 0 Å². The van der Waals surface area contributed by atoms with Crippen LogP contribution in [0.3, 0.4) is 0 Å². The molecule has 0 radical (unpaired) electrons. The van der Waals surface area contributed by atoms with E-state index in [1.807, 2.05) is 55.5 Å². The van der Waals surface area contributed by atoms with Gasteiger partial charge in [0.2, 0.25) is 0 Å². The lowest BCUT2D eigenvalue weighted by Crippen LogP contribution is -1.96. The van der Waals surface area contributed by atoms with Gasteiger partial charge in [-0.3, -0.25) is 0 Å². The largest absolute Gasteiger partial charge is 0.353 e. The summed E-state index contributed by atoms with van der Waals surface area (Å²) in [5, 5.41) is 4.64. The van der Waals surface area contributed by atoms with Crippen molar-refractivity contribution in [2.75, 3.05) is 5.32 Å². The lowest BCUT2D eigenvalue weighted by Gasteiger charge is -2.15. The van der Waals surface area contributed by atoms with Crippen LogP contribution in [-0.2, 0) is 0 Å². The van der Waals surface area contributed by atoms with Gasteiger partial charge in [0.1, 0.15) is 0 Å². The number of hydrogen-bond donors (Lipinski definition) is 1. The fourth-order valence-electron chi connectivity index (χ4n) is 2.37. The van der Waals surface area contributed by atoms with E-state index in [1.54, 1.807) is 0 Å². The maximum Gasteiger partial charge on any atom is 0.0765 e. The highest BCUT2D eigenvalue weighted by Crippen LogP contribution is 2.37. The van der Waals surface area contributed by atoms with Gasteiger partial charge in [-0.2, -0.15) is 0 Å². The van der Waals surface area contributed by atoms with E-state index in [4.69, 9.17) is 23.2 Å². The summed E-state index contributed by atoms with van der Waals surface area (Å²) in [6.07, 6.45) is 0. The summed E-state index contributed by atoms with van der Waals surface area (Å²) < 4.78 is 0. The third-order valence-electron chi connectivity index (χ3n) is 3.56. The Kier molecular flexibility index (Phi) is 4.37. The lowest BCUT2D eigenvalue weighted by molar-refractivity contribution is 1.45. The topological polar surface area (TPSA) is 12.0 Å². The number of aryl methyl sites for hydroxylation is 1. The second-order valence-electron chi connectivity index (χ2n) is 5.09. The maximum absolute atomic E-state index is 6.40. The molecule has 3 heteroatoms. The van der Waals surface area contributed by atoms with Crippen molar-refractivity contribution in [2.45, 2.75) is 6.92 Å². The zero-order chi connectivity index (χ0) is 15.5. The quantitative estimate of drug-likeness (QED) is 0.563. The number of hydrogen-bond acceptors (Lipinski definition) is 1. The van der Waals surface area contributed by atoms with Gasteiger partial charge in [-0.1, -0.05) is 77.8 Å². The van der Waals surface area contributed by atoms with E-state index < -0.39 is 0 Å². The number of nitrogens with one attached hydrogen (secondary N) is 1. The Bertz CT molecular complexity index is 798. The van der Waals surface area contributed by atoms with Crippen LogP contribution in [0.4, 0.5) is 11.4 Å². The molecule has 0 aliphatic rings. The Morgan fingerprint density at radius 3 is 2.23 bits per heavy atom. The van der Waals surface area contributed by atoms with Crippen molar-refractivity contribution in [3.63, 3.8) is 0 Å². The molecule has 3 aromatic rings. The van der Waals surface area contributed by atoms with Crippen LogP contribution >= 0.6 is 23.2 Å². The smallest absolute Gasteiger partial charge is 0.0765 e. The van der Waals surface area contributed by atoms with E-state index in [0.29, 0.717) is 10.0 Å². The van der Waals surface area contributed by atoms with Crippen LogP contribution in [0, 0.1) is 6.92 Å². The zero-order valence-electron chi connectivity index (χ0n) is 12.1. The number of anilines is 2. The Balaban J connectivity index is 2.07. The summed E-state index contributed by atoms with van der Waals surface area (Å²) in [6, 6.07) is 22.1. The van der Waals surface area contributed by atoms with Gasteiger partial charge < -0.3 is 5.32 Å². The molecule has 0 fully saturated rings. The molecule has 0 saturated heterocycles. The molecule has 0 amide bonds. The van der Waals surface area contributed by atoms with Gasteiger partial charge in [0, 0.05) is 11.3 Å². The second-order valence-corrected chi connectivity index (χ2v) is 5.88. The first-order chi connectivity index (χ1) is 10.7. The molecular weight excluding hydrogens is 313 g/mol. The van der Waals surface area contributed by atoms with Crippen LogP contribution in [-0.4, -0.2) is 0 Å². The van der Waals surface area contributed by atoms with Crippen molar-refractivity contribution in [2.24, 2.45) is 0 Å². The Labute approximate surface area is 140 Å². The summed E-state index contributed by atoms with van der Waals surface area (Å²) in [5.41, 5.74) is 4.96. The average Bonchev–Trinajstić information content (AvgIpc) is 2.56. The van der Waals surface area contributed by atoms with E-state index in [2.05, 4.69) is 23.5 Å². The van der Waals surface area contributed by atoms with Gasteiger partial charge in [0.05, 0.1) is 15.7 Å². The summed E-state index contributed by atoms with van der Waals surface area (Å²) in [5.74, 6) is 0. The van der Waals surface area contributed by atoms with E-state index in [0.717, 1.165) is 28.1 Å². The number of halogens is 2. The SMILES string of the molecule is Cc1ccc(Cl)c(Nc2ccccc2-c2ccccc2)c1Cl. The first-order valence-corrected chi connectivity index (χ1v) is 7.78. The first-order valence-electron chi connectivity index (χ1n) is 7.03. The first kappa shape index (κ1) is 15.0. The molecule has 22 heavy (non-hydrogen) atoms. The van der Waals surface area contributed by atoms with Crippen molar-refractivity contribution in [1.29, 1.82) is 0 Å². The predicted molar refractivity (Wildman–Crippen MR) is 96.4 cm³/mol. The van der Waals surface area contributed by atoms with Crippen molar-refractivity contribution in [3.05, 3.63) is 82.3 Å². The predicted octanol–water partition coefficient (Wildman–Crippen LogP) is 6.71. The van der Waals surface area contributed by atoms with E-state index in [-0.39, 0.29) is 0 Å². The molecule has 1 N–H and O–H groups in total. The molecule has 1 nitrogen and oxygen atoms in total. The normalized spacial score (nSPS) is 10.5. The van der Waals surface area contributed by atoms with Crippen LogP contribution < -0.4 is 5.32 Å². The van der Waals surface area contributed by atoms with Crippen LogP contribution in [0.1, 0.15) is 5.56 Å². The number of rotatable bonds is 3. The molecule has 0 aromatic heterocycles. The summed E-state index contributed by atoms with van der Waals surface area (Å²) in [7, 11) is 0. The minimum atomic E-state index is 0.610. The molecule has 0 heterocycles. The molecule has 0 aliphatic carbocycles. The van der Waals surface area contributed by atoms with Crippen molar-refractivity contribution in [3.8, 4) is 11.1 Å². The minimum Gasteiger partial charge on any atom is -0.353 e. The molecule has 0 atom stereocenters. The monoisotopic (exact) mass is 327 g/mol. The van der Waals surface area contributed by atoms with E-state index in [9.17, 15) is 0 Å². The molecule has 0 unspecified atom stereocenters. The van der Waals surface area contributed by atoms with Crippen molar-refractivity contribution >= 4 is 34.6 Å². The fourth-order valence-corrected chi connectivity index (χ4v) is 2.83. The summed E-state index contributed by atoms with van der Waals surface area (Å²) in [4.78, 5) is 0. The highest BCUT2D eigenvalue weighted by molar-refractivity contribution is 6.39. The number of para-hydroxylation sites is 1. The summed E-state index contributed by atoms with van der Waals surface area (Å²) >= 11 is 12.7. The van der Waals surface area contributed by atoms with Crippen LogP contribution in [0.25, 0.3) is 11.1 Å². The highest BCUT2D eigenvalue weighted by Gasteiger charge is 2.11. The third-order valence-corrected chi connectivity index (χ3v) is 4.36. The molecule has 3 rings (SSSR count). The molecule has 3 aromatic carbocycles. The van der Waals surface area contributed by atoms with Crippen LogP contribution in [0.5, 0.6) is 0 Å². The van der Waals surface area contributed by atoms with Gasteiger partial charge in [0.15, 0.2) is 0 Å². The van der Waals surface area contributed by atoms with Gasteiger partial charge in [-0.15, -0.1) is 0 Å². The van der Waals surface area contributed by atoms with Gasteiger partial charge in [-0.05, 0) is 30.2 Å². The molecule has 0 aliphatic heterocycles. The Hall–Kier alpha value is -1.96. The summed E-state index contributed by atoms with van der Waals surface area (Å²) in [6.45, 7) is 1.97. The van der Waals surface area contributed by atoms with Crippen molar-refractivity contribution in [1.82, 2.24) is 0 Å². The Morgan fingerprint density at radius 2 is 1.45 bits per heavy atom. The Morgan fingerprint density at radius 1 is 0.773 bits per heavy atom. The fraction of sp³-hybridized carbons (Fsp3) is 0.0526. The third kappa shape index (κ3) is 2.96. The van der Waals surface area contributed by atoms with E-state index >= 15 is 0 Å². The molecule has 0 spiro atoms. The maximum atomic E-state index is 6.40. The molecule has 0 saturated carbocycles. The van der Waals surface area contributed by atoms with Crippen LogP contribution in [0.2, 0.25) is 10.0 Å². The van der Waals surface area contributed by atoms with Gasteiger partial charge >= 0.3 is 0 Å².